The van der Waals surface area contributed by atoms with Crippen molar-refractivity contribution in [1.82, 2.24) is 9.97 Å². The smallest absolute Gasteiger partial charge is 0.310 e. The van der Waals surface area contributed by atoms with Crippen LogP contribution < -0.4 is 0 Å². The van der Waals surface area contributed by atoms with Crippen LogP contribution in [0, 0.1) is 0 Å². The number of esters is 1. The fourth-order valence-corrected chi connectivity index (χ4v) is 1.55. The molecule has 0 saturated carbocycles. The molecule has 0 atom stereocenters. The van der Waals surface area contributed by atoms with Gasteiger partial charge in [-0.1, -0.05) is 43.0 Å². The fraction of sp³-hybridized carbons (Fsp3) is 0.133. The Hall–Kier alpha value is -2.49. The number of ether oxygens (including phenoxy) is 1. The molecule has 0 bridgehead atoms. The van der Waals surface area contributed by atoms with Gasteiger partial charge >= 0.3 is 5.97 Å². The molecule has 0 radical (unpaired) electrons. The van der Waals surface area contributed by atoms with Gasteiger partial charge in [0.15, 0.2) is 5.82 Å². The van der Waals surface area contributed by atoms with E-state index in [2.05, 4.69) is 16.5 Å². The van der Waals surface area contributed by atoms with Crippen LogP contribution in [-0.4, -0.2) is 22.5 Å². The Morgan fingerprint density at radius 2 is 1.89 bits per heavy atom. The zero-order chi connectivity index (χ0) is 13.5. The van der Waals surface area contributed by atoms with E-state index < -0.39 is 0 Å². The van der Waals surface area contributed by atoms with Crippen molar-refractivity contribution in [2.75, 3.05) is 6.61 Å². The van der Waals surface area contributed by atoms with E-state index in [-0.39, 0.29) is 19.0 Å². The molecule has 0 unspecified atom stereocenters. The van der Waals surface area contributed by atoms with Crippen LogP contribution in [0.1, 0.15) is 5.56 Å². The second kappa shape index (κ2) is 6.44. The summed E-state index contributed by atoms with van der Waals surface area (Å²) < 4.78 is 4.90. The van der Waals surface area contributed by atoms with Crippen LogP contribution in [0.15, 0.2) is 55.4 Å². The average Bonchev–Trinajstić information content (AvgIpc) is 2.47. The second-order valence-corrected chi connectivity index (χ2v) is 3.93. The van der Waals surface area contributed by atoms with Crippen molar-refractivity contribution in [2.24, 2.45) is 0 Å². The van der Waals surface area contributed by atoms with Gasteiger partial charge in [0.05, 0.1) is 6.42 Å². The predicted octanol–water partition coefficient (Wildman–Crippen LogP) is 2.42. The molecule has 4 nitrogen and oxygen atoms in total. The molecule has 0 fully saturated rings. The molecule has 0 aliphatic heterocycles. The summed E-state index contributed by atoms with van der Waals surface area (Å²) in [5.41, 5.74) is 1.68. The lowest BCUT2D eigenvalue weighted by Gasteiger charge is -2.03. The van der Waals surface area contributed by atoms with Crippen LogP contribution in [0.2, 0.25) is 0 Å². The molecule has 4 heteroatoms. The minimum absolute atomic E-state index is 0.170. The number of rotatable bonds is 5. The van der Waals surface area contributed by atoms with E-state index in [9.17, 15) is 4.79 Å². The van der Waals surface area contributed by atoms with Crippen molar-refractivity contribution in [3.63, 3.8) is 0 Å². The maximum Gasteiger partial charge on any atom is 0.310 e. The van der Waals surface area contributed by atoms with E-state index in [0.717, 1.165) is 11.1 Å². The summed E-state index contributed by atoms with van der Waals surface area (Å²) >= 11 is 0. The maximum atomic E-state index is 11.4. The van der Waals surface area contributed by atoms with Crippen molar-refractivity contribution in [2.45, 2.75) is 6.42 Å². The highest BCUT2D eigenvalue weighted by Gasteiger charge is 2.06. The molecule has 0 N–H and O–H groups in total. The second-order valence-electron chi connectivity index (χ2n) is 3.93. The SMILES string of the molecule is C=CCOC(=O)Cc1cnc(-c2ccccc2)nc1. The van der Waals surface area contributed by atoms with Crippen molar-refractivity contribution in [3.05, 3.63) is 60.9 Å². The molecule has 2 aromatic rings. The van der Waals surface area contributed by atoms with Gasteiger partial charge in [0.1, 0.15) is 6.61 Å². The molecule has 0 amide bonds. The van der Waals surface area contributed by atoms with E-state index >= 15 is 0 Å². The van der Waals surface area contributed by atoms with Crippen LogP contribution in [-0.2, 0) is 16.0 Å². The van der Waals surface area contributed by atoms with Crippen LogP contribution in [0.3, 0.4) is 0 Å². The molecule has 1 aromatic heterocycles. The van der Waals surface area contributed by atoms with Crippen molar-refractivity contribution >= 4 is 5.97 Å². The molecule has 0 aliphatic carbocycles. The van der Waals surface area contributed by atoms with E-state index in [0.29, 0.717) is 5.82 Å². The highest BCUT2D eigenvalue weighted by Crippen LogP contribution is 2.13. The zero-order valence-electron chi connectivity index (χ0n) is 10.5. The Morgan fingerprint density at radius 3 is 2.53 bits per heavy atom. The first-order valence-corrected chi connectivity index (χ1v) is 5.92. The number of nitrogens with zero attached hydrogens (tertiary/aromatic N) is 2. The van der Waals surface area contributed by atoms with Gasteiger partial charge in [0, 0.05) is 18.0 Å². The largest absolute Gasteiger partial charge is 0.461 e. The van der Waals surface area contributed by atoms with Gasteiger partial charge in [-0.2, -0.15) is 0 Å². The Kier molecular flexibility index (Phi) is 4.39. The lowest BCUT2D eigenvalue weighted by atomic mass is 10.2. The summed E-state index contributed by atoms with van der Waals surface area (Å²) in [5.74, 6) is 0.333. The Morgan fingerprint density at radius 1 is 1.21 bits per heavy atom. The quantitative estimate of drug-likeness (QED) is 0.607. The molecule has 2 rings (SSSR count). The maximum absolute atomic E-state index is 11.4. The van der Waals surface area contributed by atoms with E-state index in [1.54, 1.807) is 12.4 Å². The number of hydrogen-bond acceptors (Lipinski definition) is 4. The van der Waals surface area contributed by atoms with E-state index in [1.807, 2.05) is 30.3 Å². The monoisotopic (exact) mass is 254 g/mol. The van der Waals surface area contributed by atoms with Crippen LogP contribution >= 0.6 is 0 Å². The van der Waals surface area contributed by atoms with Gasteiger partial charge in [0.2, 0.25) is 0 Å². The predicted molar refractivity (Wildman–Crippen MR) is 72.3 cm³/mol. The molecule has 1 heterocycles. The molecule has 96 valence electrons. The summed E-state index contributed by atoms with van der Waals surface area (Å²) in [5, 5.41) is 0. The lowest BCUT2D eigenvalue weighted by molar-refractivity contribution is -0.141. The molecule has 19 heavy (non-hydrogen) atoms. The molecule has 0 saturated heterocycles. The zero-order valence-corrected chi connectivity index (χ0v) is 10.5. The standard InChI is InChI=1S/C15H14N2O2/c1-2-8-19-14(18)9-12-10-16-15(17-11-12)13-6-4-3-5-7-13/h2-7,10-11H,1,8-9H2. The van der Waals surface area contributed by atoms with Gasteiger partial charge < -0.3 is 4.74 Å². The summed E-state index contributed by atoms with van der Waals surface area (Å²) in [6.45, 7) is 3.71. The van der Waals surface area contributed by atoms with Gasteiger partial charge in [-0.15, -0.1) is 0 Å². The first-order valence-electron chi connectivity index (χ1n) is 5.92. The van der Waals surface area contributed by atoms with Gasteiger partial charge in [-0.05, 0) is 5.56 Å². The van der Waals surface area contributed by atoms with Gasteiger partial charge in [0.25, 0.3) is 0 Å². The van der Waals surface area contributed by atoms with Crippen molar-refractivity contribution in [1.29, 1.82) is 0 Å². The van der Waals surface area contributed by atoms with E-state index in [1.165, 1.54) is 6.08 Å². The highest BCUT2D eigenvalue weighted by molar-refractivity contribution is 5.72. The minimum Gasteiger partial charge on any atom is -0.461 e. The lowest BCUT2D eigenvalue weighted by Crippen LogP contribution is -2.08. The molecule has 1 aromatic carbocycles. The minimum atomic E-state index is -0.309. The molecular formula is C15H14N2O2. The topological polar surface area (TPSA) is 52.1 Å². The van der Waals surface area contributed by atoms with Crippen molar-refractivity contribution < 1.29 is 9.53 Å². The molecule has 0 spiro atoms. The Balaban J connectivity index is 2.03. The number of hydrogen-bond donors (Lipinski definition) is 0. The number of carbonyl (C=O) groups is 1. The number of aromatic nitrogens is 2. The molecule has 0 aliphatic rings. The Labute approximate surface area is 111 Å². The van der Waals surface area contributed by atoms with Crippen LogP contribution in [0.25, 0.3) is 11.4 Å². The van der Waals surface area contributed by atoms with Gasteiger partial charge in [-0.3, -0.25) is 4.79 Å². The van der Waals surface area contributed by atoms with Gasteiger partial charge in [-0.25, -0.2) is 9.97 Å². The summed E-state index contributed by atoms with van der Waals surface area (Å²) in [6, 6.07) is 9.67. The normalized spacial score (nSPS) is 9.89. The fourth-order valence-electron chi connectivity index (χ4n) is 1.55. The highest BCUT2D eigenvalue weighted by atomic mass is 16.5. The molecular weight excluding hydrogens is 240 g/mol. The van der Waals surface area contributed by atoms with Crippen LogP contribution in [0.4, 0.5) is 0 Å². The summed E-state index contributed by atoms with van der Waals surface area (Å²) in [6.07, 6.45) is 4.99. The summed E-state index contributed by atoms with van der Waals surface area (Å²) in [4.78, 5) is 19.9. The van der Waals surface area contributed by atoms with E-state index in [4.69, 9.17) is 4.74 Å². The third-order valence-electron chi connectivity index (χ3n) is 2.45. The average molecular weight is 254 g/mol. The van der Waals surface area contributed by atoms with Crippen LogP contribution in [0.5, 0.6) is 0 Å². The third-order valence-corrected chi connectivity index (χ3v) is 2.45. The van der Waals surface area contributed by atoms with Crippen molar-refractivity contribution in [3.8, 4) is 11.4 Å². The first-order chi connectivity index (χ1) is 9.29. The summed E-state index contributed by atoms with van der Waals surface area (Å²) in [7, 11) is 0. The number of benzene rings is 1. The Bertz CT molecular complexity index is 550. The number of carbonyl (C=O) groups excluding carboxylic acids is 1. The third kappa shape index (κ3) is 3.74. The first kappa shape index (κ1) is 13.0.